The summed E-state index contributed by atoms with van der Waals surface area (Å²) in [7, 11) is -3.85. The number of aromatic nitrogens is 2. The van der Waals surface area contributed by atoms with Crippen LogP contribution in [0.3, 0.4) is 0 Å². The van der Waals surface area contributed by atoms with E-state index in [-0.39, 0.29) is 29.0 Å². The zero-order valence-electron chi connectivity index (χ0n) is 14.1. The number of esters is 1. The van der Waals surface area contributed by atoms with Gasteiger partial charge >= 0.3 is 5.97 Å². The number of nitrogen functional groups attached to an aromatic ring is 1. The predicted molar refractivity (Wildman–Crippen MR) is 95.7 cm³/mol. The maximum absolute atomic E-state index is 12.9. The molecule has 0 saturated heterocycles. The summed E-state index contributed by atoms with van der Waals surface area (Å²) in [6, 6.07) is 3.95. The molecule has 0 amide bonds. The van der Waals surface area contributed by atoms with E-state index in [1.54, 1.807) is 19.1 Å². The zero-order chi connectivity index (χ0) is 19.1. The molecular formula is C16H17ClN4O4S. The normalized spacial score (nSPS) is 16.9. The first-order valence-electron chi connectivity index (χ1n) is 7.85. The number of fused-ring (bicyclic) bond motifs is 1. The Morgan fingerprint density at radius 2 is 2.19 bits per heavy atom. The number of sulfonamides is 1. The minimum atomic E-state index is -3.85. The van der Waals surface area contributed by atoms with E-state index in [2.05, 4.69) is 9.97 Å². The molecule has 0 saturated carbocycles. The average Bonchev–Trinajstić information content (AvgIpc) is 2.87. The van der Waals surface area contributed by atoms with Crippen molar-refractivity contribution in [2.45, 2.75) is 31.3 Å². The van der Waals surface area contributed by atoms with Crippen LogP contribution in [0.4, 0.5) is 5.69 Å². The number of nitrogens with two attached hydrogens (primary N) is 1. The Labute approximate surface area is 156 Å². The summed E-state index contributed by atoms with van der Waals surface area (Å²) in [5.41, 5.74) is 7.59. The van der Waals surface area contributed by atoms with Crippen molar-refractivity contribution in [3.63, 3.8) is 0 Å². The number of carbonyl (C=O) groups excluding carboxylic acids is 1. The van der Waals surface area contributed by atoms with Gasteiger partial charge in [0, 0.05) is 12.1 Å². The average molecular weight is 397 g/mol. The van der Waals surface area contributed by atoms with Gasteiger partial charge < -0.3 is 10.5 Å². The van der Waals surface area contributed by atoms with Crippen LogP contribution in [-0.2, 0) is 26.1 Å². The van der Waals surface area contributed by atoms with Crippen LogP contribution in [-0.4, -0.2) is 41.3 Å². The molecule has 0 spiro atoms. The second-order valence-corrected chi connectivity index (χ2v) is 7.94. The Morgan fingerprint density at radius 1 is 1.46 bits per heavy atom. The molecule has 3 rings (SSSR count). The summed E-state index contributed by atoms with van der Waals surface area (Å²) in [4.78, 5) is 19.9. The molecular weight excluding hydrogens is 380 g/mol. The van der Waals surface area contributed by atoms with E-state index in [1.165, 1.54) is 19.2 Å². The van der Waals surface area contributed by atoms with Crippen LogP contribution in [0, 0.1) is 0 Å². The fourth-order valence-corrected chi connectivity index (χ4v) is 4.72. The third-order valence-electron chi connectivity index (χ3n) is 4.10. The molecule has 2 aromatic rings. The van der Waals surface area contributed by atoms with Gasteiger partial charge in [-0.05, 0) is 37.1 Å². The summed E-state index contributed by atoms with van der Waals surface area (Å²) in [5, 5.41) is 0.00937. The molecule has 26 heavy (non-hydrogen) atoms. The van der Waals surface area contributed by atoms with E-state index in [0.717, 1.165) is 4.31 Å². The molecule has 1 aromatic carbocycles. The van der Waals surface area contributed by atoms with Gasteiger partial charge in [-0.15, -0.1) is 0 Å². The van der Waals surface area contributed by atoms with E-state index >= 15 is 0 Å². The molecule has 1 aromatic heterocycles. The number of ether oxygens (including phenoxy) is 1. The highest BCUT2D eigenvalue weighted by molar-refractivity contribution is 7.89. The van der Waals surface area contributed by atoms with Gasteiger partial charge in [-0.1, -0.05) is 12.1 Å². The number of carbonyl (C=O) groups is 1. The molecule has 8 nitrogen and oxygen atoms in total. The minimum absolute atomic E-state index is 0.00937. The molecule has 0 radical (unpaired) electrons. The predicted octanol–water partition coefficient (Wildman–Crippen LogP) is 1.84. The zero-order valence-corrected chi connectivity index (χ0v) is 15.7. The fraction of sp³-hybridized carbons (Fsp3) is 0.312. The molecule has 0 bridgehead atoms. The van der Waals surface area contributed by atoms with Crippen LogP contribution in [0.25, 0.3) is 11.3 Å². The van der Waals surface area contributed by atoms with Gasteiger partial charge in [-0.3, -0.25) is 4.79 Å². The summed E-state index contributed by atoms with van der Waals surface area (Å²) < 4.78 is 31.9. The number of rotatable bonds is 4. The summed E-state index contributed by atoms with van der Waals surface area (Å²) in [5.74, 6) is -0.587. The molecule has 0 fully saturated rings. The Hall–Kier alpha value is -2.23. The van der Waals surface area contributed by atoms with Gasteiger partial charge in [0.15, 0.2) is 0 Å². The molecule has 2 heterocycles. The third-order valence-corrected chi connectivity index (χ3v) is 6.28. The van der Waals surface area contributed by atoms with E-state index in [0.29, 0.717) is 16.8 Å². The van der Waals surface area contributed by atoms with Crippen LogP contribution in [0.15, 0.2) is 29.3 Å². The second-order valence-electron chi connectivity index (χ2n) is 5.74. The molecule has 1 aliphatic rings. The summed E-state index contributed by atoms with van der Waals surface area (Å²) in [6.45, 7) is 3.45. The number of hydrogen-bond donors (Lipinski definition) is 1. The smallest absolute Gasteiger partial charge is 0.324 e. The summed E-state index contributed by atoms with van der Waals surface area (Å²) >= 11 is 5.81. The highest BCUT2D eigenvalue weighted by atomic mass is 35.5. The van der Waals surface area contributed by atoms with Crippen LogP contribution >= 0.6 is 11.6 Å². The van der Waals surface area contributed by atoms with Gasteiger partial charge in [0.05, 0.1) is 29.1 Å². The standard InChI is InChI=1S/C16H17ClN4O4S/c1-3-25-15(22)9(2)21-8-11-5-4-10(6-13(11)26(21,23)24)14-12(18)7-19-16(17)20-14/h4-7,9H,3,8,18H2,1-2H3/t9-/m1/s1. The molecule has 0 unspecified atom stereocenters. The maximum atomic E-state index is 12.9. The van der Waals surface area contributed by atoms with Crippen molar-refractivity contribution in [2.24, 2.45) is 0 Å². The highest BCUT2D eigenvalue weighted by Gasteiger charge is 2.41. The van der Waals surface area contributed by atoms with E-state index in [4.69, 9.17) is 22.1 Å². The lowest BCUT2D eigenvalue weighted by atomic mass is 10.1. The molecule has 1 atom stereocenters. The Balaban J connectivity index is 2.02. The van der Waals surface area contributed by atoms with Gasteiger partial charge in [0.2, 0.25) is 15.3 Å². The SMILES string of the molecule is CCOC(=O)[C@@H](C)N1Cc2ccc(-c3nc(Cl)ncc3N)cc2S1(=O)=O. The van der Waals surface area contributed by atoms with E-state index < -0.39 is 22.0 Å². The highest BCUT2D eigenvalue weighted by Crippen LogP contribution is 2.36. The van der Waals surface area contributed by atoms with E-state index in [1.807, 2.05) is 0 Å². The molecule has 2 N–H and O–H groups in total. The van der Waals surface area contributed by atoms with Crippen LogP contribution in [0.2, 0.25) is 5.28 Å². The van der Waals surface area contributed by atoms with Crippen molar-refractivity contribution in [1.29, 1.82) is 0 Å². The van der Waals surface area contributed by atoms with Crippen LogP contribution in [0.1, 0.15) is 19.4 Å². The van der Waals surface area contributed by atoms with Crippen LogP contribution in [0.5, 0.6) is 0 Å². The number of nitrogens with zero attached hydrogens (tertiary/aromatic N) is 3. The lowest BCUT2D eigenvalue weighted by Gasteiger charge is -2.20. The number of hydrogen-bond acceptors (Lipinski definition) is 7. The van der Waals surface area contributed by atoms with Gasteiger partial charge in [0.1, 0.15) is 6.04 Å². The topological polar surface area (TPSA) is 115 Å². The first-order chi connectivity index (χ1) is 12.3. The second kappa shape index (κ2) is 6.82. The summed E-state index contributed by atoms with van der Waals surface area (Å²) in [6.07, 6.45) is 1.36. The largest absolute Gasteiger partial charge is 0.465 e. The van der Waals surface area contributed by atoms with Crippen molar-refractivity contribution in [2.75, 3.05) is 12.3 Å². The number of anilines is 1. The fourth-order valence-electron chi connectivity index (χ4n) is 2.78. The molecule has 0 aliphatic carbocycles. The van der Waals surface area contributed by atoms with Crippen molar-refractivity contribution in [1.82, 2.24) is 14.3 Å². The van der Waals surface area contributed by atoms with Gasteiger partial charge in [0.25, 0.3) is 0 Å². The monoisotopic (exact) mass is 396 g/mol. The molecule has 1 aliphatic heterocycles. The Morgan fingerprint density at radius 3 is 2.88 bits per heavy atom. The van der Waals surface area contributed by atoms with Crippen LogP contribution < -0.4 is 5.73 Å². The van der Waals surface area contributed by atoms with Crippen molar-refractivity contribution < 1.29 is 17.9 Å². The van der Waals surface area contributed by atoms with Crippen molar-refractivity contribution in [3.8, 4) is 11.3 Å². The molecule has 10 heteroatoms. The van der Waals surface area contributed by atoms with Gasteiger partial charge in [-0.25, -0.2) is 18.4 Å². The van der Waals surface area contributed by atoms with Gasteiger partial charge in [-0.2, -0.15) is 4.31 Å². The lowest BCUT2D eigenvalue weighted by Crippen LogP contribution is -2.40. The molecule has 138 valence electrons. The lowest BCUT2D eigenvalue weighted by molar-refractivity contribution is -0.147. The maximum Gasteiger partial charge on any atom is 0.324 e. The first kappa shape index (κ1) is 18.6. The number of halogens is 1. The van der Waals surface area contributed by atoms with Crippen molar-refractivity contribution >= 4 is 33.3 Å². The quantitative estimate of drug-likeness (QED) is 0.619. The number of benzene rings is 1. The Kier molecular flexibility index (Phi) is 4.87. The third kappa shape index (κ3) is 3.13. The Bertz CT molecular complexity index is 980. The van der Waals surface area contributed by atoms with E-state index in [9.17, 15) is 13.2 Å². The minimum Gasteiger partial charge on any atom is -0.465 e. The first-order valence-corrected chi connectivity index (χ1v) is 9.67. The van der Waals surface area contributed by atoms with Crippen molar-refractivity contribution in [3.05, 3.63) is 35.2 Å².